The molecule has 1 aliphatic heterocycles. The van der Waals surface area contributed by atoms with Crippen LogP contribution in [0.2, 0.25) is 10.0 Å². The first-order valence-corrected chi connectivity index (χ1v) is 8.31. The topological polar surface area (TPSA) is 70.2 Å². The van der Waals surface area contributed by atoms with Crippen LogP contribution < -0.4 is 16.0 Å². The highest BCUT2D eigenvalue weighted by atomic mass is 35.5. The Morgan fingerprint density at radius 2 is 1.68 bits per heavy atom. The van der Waals surface area contributed by atoms with Crippen molar-refractivity contribution in [1.29, 1.82) is 0 Å². The van der Waals surface area contributed by atoms with Crippen molar-refractivity contribution in [2.45, 2.75) is 13.0 Å². The molecule has 0 saturated heterocycles. The summed E-state index contributed by atoms with van der Waals surface area (Å²) in [4.78, 5) is 24.8. The quantitative estimate of drug-likeness (QED) is 0.749. The van der Waals surface area contributed by atoms with Crippen molar-refractivity contribution in [2.75, 3.05) is 5.32 Å². The summed E-state index contributed by atoms with van der Waals surface area (Å²) in [5, 5.41) is 8.91. The van der Waals surface area contributed by atoms with E-state index in [0.717, 1.165) is 0 Å². The zero-order valence-electron chi connectivity index (χ0n) is 13.3. The van der Waals surface area contributed by atoms with E-state index in [1.54, 1.807) is 37.3 Å². The first kappa shape index (κ1) is 17.3. The number of carbonyl (C=O) groups is 2. The molecule has 0 aromatic heterocycles. The Labute approximate surface area is 155 Å². The monoisotopic (exact) mass is 375 g/mol. The molecule has 5 nitrogen and oxygen atoms in total. The minimum absolute atomic E-state index is 0.346. The van der Waals surface area contributed by atoms with Crippen LogP contribution in [0, 0.1) is 0 Å². The van der Waals surface area contributed by atoms with E-state index in [9.17, 15) is 9.59 Å². The van der Waals surface area contributed by atoms with Crippen LogP contribution in [0.25, 0.3) is 0 Å². The van der Waals surface area contributed by atoms with E-state index in [1.165, 1.54) is 0 Å². The zero-order valence-corrected chi connectivity index (χ0v) is 14.8. The highest BCUT2D eigenvalue weighted by molar-refractivity contribution is 6.36. The van der Waals surface area contributed by atoms with Crippen molar-refractivity contribution >= 4 is 40.8 Å². The smallest absolute Gasteiger partial charge is 0.319 e. The lowest BCUT2D eigenvalue weighted by atomic mass is 9.94. The number of anilines is 1. The lowest BCUT2D eigenvalue weighted by Gasteiger charge is -2.29. The van der Waals surface area contributed by atoms with Crippen LogP contribution in [-0.2, 0) is 4.79 Å². The zero-order chi connectivity index (χ0) is 18.0. The molecule has 3 amide bonds. The summed E-state index contributed by atoms with van der Waals surface area (Å²) in [5.41, 5.74) is 1.92. The first-order valence-electron chi connectivity index (χ1n) is 7.56. The predicted molar refractivity (Wildman–Crippen MR) is 98.6 cm³/mol. The molecule has 7 heteroatoms. The van der Waals surface area contributed by atoms with Gasteiger partial charge in [0.25, 0.3) is 5.91 Å². The van der Waals surface area contributed by atoms with Gasteiger partial charge in [-0.15, -0.1) is 0 Å². The van der Waals surface area contributed by atoms with Gasteiger partial charge in [-0.3, -0.25) is 4.79 Å². The number of halogens is 2. The van der Waals surface area contributed by atoms with Crippen LogP contribution in [0.1, 0.15) is 18.5 Å². The second kappa shape index (κ2) is 7.17. The second-order valence-corrected chi connectivity index (χ2v) is 6.34. The Kier molecular flexibility index (Phi) is 4.97. The summed E-state index contributed by atoms with van der Waals surface area (Å²) < 4.78 is 0. The minimum atomic E-state index is -0.751. The maximum Gasteiger partial charge on any atom is 0.319 e. The standard InChI is InChI=1S/C18H15Cl2N3O2/c1-10-14(17(24)22-11-6-3-2-4-7-11)16(23-18(25)21-10)15-12(19)8-5-9-13(15)20/h2-9,16H,1H3,(H,22,24)(H2,21,23,25)/t16-/m1/s1. The summed E-state index contributed by atoms with van der Waals surface area (Å²) in [7, 11) is 0. The normalized spacial score (nSPS) is 16.9. The second-order valence-electron chi connectivity index (χ2n) is 5.53. The van der Waals surface area contributed by atoms with Crippen LogP contribution in [0.15, 0.2) is 59.8 Å². The number of hydrogen-bond acceptors (Lipinski definition) is 2. The lowest BCUT2D eigenvalue weighted by molar-refractivity contribution is -0.113. The summed E-state index contributed by atoms with van der Waals surface area (Å²) in [6.45, 7) is 1.66. The van der Waals surface area contributed by atoms with Gasteiger partial charge in [-0.25, -0.2) is 4.79 Å². The van der Waals surface area contributed by atoms with Gasteiger partial charge in [0.1, 0.15) is 0 Å². The largest absolute Gasteiger partial charge is 0.327 e. The Hall–Kier alpha value is -2.50. The van der Waals surface area contributed by atoms with E-state index in [1.807, 2.05) is 18.2 Å². The average Bonchev–Trinajstić information content (AvgIpc) is 2.55. The number of amides is 3. The van der Waals surface area contributed by atoms with Gasteiger partial charge in [-0.1, -0.05) is 47.5 Å². The number of para-hydroxylation sites is 1. The summed E-state index contributed by atoms with van der Waals surface area (Å²) in [5.74, 6) is -0.350. The molecule has 0 spiro atoms. The molecule has 1 heterocycles. The number of hydrogen-bond donors (Lipinski definition) is 3. The van der Waals surface area contributed by atoms with E-state index in [-0.39, 0.29) is 5.91 Å². The Morgan fingerprint density at radius 3 is 2.32 bits per heavy atom. The average molecular weight is 376 g/mol. The number of benzene rings is 2. The lowest BCUT2D eigenvalue weighted by Crippen LogP contribution is -2.46. The van der Waals surface area contributed by atoms with E-state index >= 15 is 0 Å². The number of allylic oxidation sites excluding steroid dienone is 1. The van der Waals surface area contributed by atoms with Gasteiger partial charge in [0.2, 0.25) is 0 Å². The Balaban J connectivity index is 2.02. The van der Waals surface area contributed by atoms with Crippen LogP contribution >= 0.6 is 23.2 Å². The number of rotatable bonds is 3. The van der Waals surface area contributed by atoms with Gasteiger partial charge in [-0.05, 0) is 31.2 Å². The van der Waals surface area contributed by atoms with Crippen molar-refractivity contribution in [3.05, 3.63) is 75.4 Å². The summed E-state index contributed by atoms with van der Waals surface area (Å²) in [6, 6.07) is 12.9. The third-order valence-electron chi connectivity index (χ3n) is 3.83. The Bertz CT molecular complexity index is 846. The van der Waals surface area contributed by atoms with Crippen molar-refractivity contribution in [3.8, 4) is 0 Å². The van der Waals surface area contributed by atoms with E-state index < -0.39 is 12.1 Å². The Morgan fingerprint density at radius 1 is 1.04 bits per heavy atom. The van der Waals surface area contributed by atoms with Gasteiger partial charge in [0.15, 0.2) is 0 Å². The molecule has 0 aliphatic carbocycles. The molecule has 0 unspecified atom stereocenters. The van der Waals surface area contributed by atoms with Crippen molar-refractivity contribution in [3.63, 3.8) is 0 Å². The maximum absolute atomic E-state index is 12.8. The molecule has 2 aromatic carbocycles. The van der Waals surface area contributed by atoms with Crippen LogP contribution in [-0.4, -0.2) is 11.9 Å². The molecule has 3 N–H and O–H groups in total. The molecule has 2 aromatic rings. The molecule has 3 rings (SSSR count). The van der Waals surface area contributed by atoms with Crippen LogP contribution in [0.4, 0.5) is 10.5 Å². The third kappa shape index (κ3) is 3.62. The van der Waals surface area contributed by atoms with Crippen LogP contribution in [0.3, 0.4) is 0 Å². The van der Waals surface area contributed by atoms with Crippen LogP contribution in [0.5, 0.6) is 0 Å². The van der Waals surface area contributed by atoms with Gasteiger partial charge in [0, 0.05) is 27.0 Å². The molecular weight excluding hydrogens is 361 g/mol. The van der Waals surface area contributed by atoms with Gasteiger partial charge >= 0.3 is 6.03 Å². The predicted octanol–water partition coefficient (Wildman–Crippen LogP) is 4.26. The molecule has 0 fully saturated rings. The molecule has 0 bridgehead atoms. The fraction of sp³-hybridized carbons (Fsp3) is 0.111. The fourth-order valence-corrected chi connectivity index (χ4v) is 3.33. The highest BCUT2D eigenvalue weighted by Gasteiger charge is 2.33. The molecular formula is C18H15Cl2N3O2. The third-order valence-corrected chi connectivity index (χ3v) is 4.49. The molecule has 0 radical (unpaired) electrons. The summed E-state index contributed by atoms with van der Waals surface area (Å²) >= 11 is 12.6. The molecule has 1 atom stereocenters. The van der Waals surface area contributed by atoms with E-state index in [4.69, 9.17) is 23.2 Å². The van der Waals surface area contributed by atoms with E-state index in [2.05, 4.69) is 16.0 Å². The first-order chi connectivity index (χ1) is 12.0. The van der Waals surface area contributed by atoms with Gasteiger partial charge in [0.05, 0.1) is 11.6 Å². The molecule has 128 valence electrons. The number of carbonyl (C=O) groups excluding carboxylic acids is 2. The van der Waals surface area contributed by atoms with Gasteiger partial charge in [-0.2, -0.15) is 0 Å². The van der Waals surface area contributed by atoms with Gasteiger partial charge < -0.3 is 16.0 Å². The summed E-state index contributed by atoms with van der Waals surface area (Å²) in [6.07, 6.45) is 0. The van der Waals surface area contributed by atoms with Crippen molar-refractivity contribution < 1.29 is 9.59 Å². The minimum Gasteiger partial charge on any atom is -0.327 e. The highest BCUT2D eigenvalue weighted by Crippen LogP contribution is 2.36. The fourth-order valence-electron chi connectivity index (χ4n) is 2.72. The molecule has 1 aliphatic rings. The number of nitrogens with one attached hydrogen (secondary N) is 3. The molecule has 25 heavy (non-hydrogen) atoms. The van der Waals surface area contributed by atoms with E-state index in [0.29, 0.717) is 32.6 Å². The van der Waals surface area contributed by atoms with Crippen molar-refractivity contribution in [2.24, 2.45) is 0 Å². The SMILES string of the molecule is CC1=C(C(=O)Nc2ccccc2)[C@H](c2c(Cl)cccc2Cl)NC(=O)N1. The van der Waals surface area contributed by atoms with Crippen molar-refractivity contribution in [1.82, 2.24) is 10.6 Å². The number of urea groups is 1. The maximum atomic E-state index is 12.8. The molecule has 0 saturated carbocycles.